The molecular formula is C20H19Cl2N3O3S. The van der Waals surface area contributed by atoms with Crippen LogP contribution in [0.5, 0.6) is 0 Å². The average Bonchev–Trinajstić information content (AvgIpc) is 3.16. The van der Waals surface area contributed by atoms with E-state index in [4.69, 9.17) is 27.4 Å². The fourth-order valence-corrected chi connectivity index (χ4v) is 3.99. The number of aromatic nitrogens is 3. The van der Waals surface area contributed by atoms with Crippen LogP contribution in [0.1, 0.15) is 29.7 Å². The van der Waals surface area contributed by atoms with Gasteiger partial charge in [0, 0.05) is 5.92 Å². The Hall–Kier alpha value is -2.19. The Bertz CT molecular complexity index is 1100. The number of hydrogen-bond acceptors (Lipinski definition) is 5. The van der Waals surface area contributed by atoms with Crippen molar-refractivity contribution < 1.29 is 12.6 Å². The third kappa shape index (κ3) is 5.25. The minimum atomic E-state index is -3.80. The first-order chi connectivity index (χ1) is 13.8. The normalized spacial score (nSPS) is 13.8. The molecule has 3 aromatic rings. The minimum Gasteiger partial charge on any atom is -0.260 e. The molecule has 29 heavy (non-hydrogen) atoms. The molecule has 0 bridgehead atoms. The van der Waals surface area contributed by atoms with Crippen LogP contribution in [0.3, 0.4) is 0 Å². The van der Waals surface area contributed by atoms with E-state index >= 15 is 0 Å². The van der Waals surface area contributed by atoms with Crippen molar-refractivity contribution >= 4 is 33.3 Å². The highest BCUT2D eigenvalue weighted by atomic mass is 35.5. The minimum absolute atomic E-state index is 0.367. The van der Waals surface area contributed by atoms with Gasteiger partial charge in [-0.2, -0.15) is 8.42 Å². The number of nitrogens with zero attached hydrogens (tertiary/aromatic N) is 3. The number of hydrogen-bond donors (Lipinski definition) is 0. The van der Waals surface area contributed by atoms with Crippen LogP contribution >= 0.6 is 23.2 Å². The van der Waals surface area contributed by atoms with Crippen molar-refractivity contribution in [3.05, 3.63) is 88.7 Å². The number of para-hydroxylation sites is 1. The fraction of sp³-hybridized carbons (Fsp3) is 0.200. The van der Waals surface area contributed by atoms with Crippen LogP contribution in [0, 0.1) is 0 Å². The third-order valence-electron chi connectivity index (χ3n) is 4.30. The second-order valence-corrected chi connectivity index (χ2v) is 8.85. The highest BCUT2D eigenvalue weighted by Crippen LogP contribution is 2.40. The van der Waals surface area contributed by atoms with E-state index in [1.54, 1.807) is 29.0 Å². The summed E-state index contributed by atoms with van der Waals surface area (Å²) in [5.41, 5.74) is 1.97. The molecule has 6 nitrogen and oxygen atoms in total. The first-order valence-corrected chi connectivity index (χ1v) is 11.3. The highest BCUT2D eigenvalue weighted by molar-refractivity contribution is 7.86. The number of rotatable bonds is 8. The molecule has 0 amide bonds. The monoisotopic (exact) mass is 451 g/mol. The second-order valence-electron chi connectivity index (χ2n) is 6.43. The molecule has 0 saturated carbocycles. The van der Waals surface area contributed by atoms with Crippen LogP contribution in [0.15, 0.2) is 67.4 Å². The van der Waals surface area contributed by atoms with E-state index < -0.39 is 22.1 Å². The smallest absolute Gasteiger partial charge is 0.260 e. The second kappa shape index (κ2) is 9.09. The molecule has 0 aliphatic rings. The van der Waals surface area contributed by atoms with Gasteiger partial charge in [-0.25, -0.2) is 4.68 Å². The first kappa shape index (κ1) is 21.5. The Labute approximate surface area is 179 Å². The van der Waals surface area contributed by atoms with E-state index in [1.807, 2.05) is 30.3 Å². The highest BCUT2D eigenvalue weighted by Gasteiger charge is 2.32. The maximum Gasteiger partial charge on any atom is 0.265 e. The molecule has 0 spiro atoms. The van der Waals surface area contributed by atoms with Gasteiger partial charge >= 0.3 is 0 Å². The molecule has 2 atom stereocenters. The molecule has 0 fully saturated rings. The van der Waals surface area contributed by atoms with Crippen molar-refractivity contribution in [2.24, 2.45) is 0 Å². The van der Waals surface area contributed by atoms with Gasteiger partial charge in [-0.15, -0.1) is 11.7 Å². The topological polar surface area (TPSA) is 74.1 Å². The van der Waals surface area contributed by atoms with Crippen molar-refractivity contribution in [1.82, 2.24) is 15.0 Å². The molecule has 0 N–H and O–H groups in total. The van der Waals surface area contributed by atoms with E-state index in [0.29, 0.717) is 22.2 Å². The molecule has 9 heteroatoms. The van der Waals surface area contributed by atoms with Crippen molar-refractivity contribution in [1.29, 1.82) is 0 Å². The van der Waals surface area contributed by atoms with Crippen LogP contribution in [-0.4, -0.2) is 29.7 Å². The maximum absolute atomic E-state index is 12.1. The molecule has 1 aromatic heterocycles. The van der Waals surface area contributed by atoms with Crippen LogP contribution < -0.4 is 0 Å². The third-order valence-corrected chi connectivity index (χ3v) is 5.60. The predicted octanol–water partition coefficient (Wildman–Crippen LogP) is 4.95. The molecule has 2 aromatic carbocycles. The molecule has 1 heterocycles. The largest absolute Gasteiger partial charge is 0.265 e. The summed E-state index contributed by atoms with van der Waals surface area (Å²) in [5, 5.41) is 8.88. The summed E-state index contributed by atoms with van der Waals surface area (Å²) in [5.74, 6) is -0.419. The van der Waals surface area contributed by atoms with Crippen LogP contribution in [0.25, 0.3) is 5.69 Å². The van der Waals surface area contributed by atoms with E-state index in [9.17, 15) is 8.42 Å². The predicted molar refractivity (Wildman–Crippen MR) is 114 cm³/mol. The van der Waals surface area contributed by atoms with Gasteiger partial charge in [-0.05, 0) is 36.2 Å². The molecule has 0 aliphatic heterocycles. The van der Waals surface area contributed by atoms with Crippen molar-refractivity contribution in [2.75, 3.05) is 6.26 Å². The van der Waals surface area contributed by atoms with Gasteiger partial charge in [0.1, 0.15) is 6.10 Å². The van der Waals surface area contributed by atoms with Gasteiger partial charge in [0.2, 0.25) is 0 Å². The lowest BCUT2D eigenvalue weighted by molar-refractivity contribution is 0.174. The Morgan fingerprint density at radius 3 is 2.52 bits per heavy atom. The quantitative estimate of drug-likeness (QED) is 0.357. The van der Waals surface area contributed by atoms with Gasteiger partial charge in [0.15, 0.2) is 0 Å². The summed E-state index contributed by atoms with van der Waals surface area (Å²) in [6.07, 6.45) is 3.73. The Morgan fingerprint density at radius 2 is 1.90 bits per heavy atom. The Balaban J connectivity index is 2.15. The molecule has 0 saturated heterocycles. The van der Waals surface area contributed by atoms with Crippen LogP contribution in [0.2, 0.25) is 10.0 Å². The van der Waals surface area contributed by atoms with Crippen molar-refractivity contribution in [2.45, 2.75) is 18.4 Å². The lowest BCUT2D eigenvalue weighted by atomic mass is 9.88. The zero-order valence-electron chi connectivity index (χ0n) is 15.6. The van der Waals surface area contributed by atoms with E-state index in [0.717, 1.165) is 17.5 Å². The van der Waals surface area contributed by atoms with Crippen LogP contribution in [0.4, 0.5) is 0 Å². The molecule has 0 unspecified atom stereocenters. The lowest BCUT2D eigenvalue weighted by Gasteiger charge is -2.26. The van der Waals surface area contributed by atoms with Crippen molar-refractivity contribution in [3.8, 4) is 5.69 Å². The lowest BCUT2D eigenvalue weighted by Crippen LogP contribution is -2.21. The summed E-state index contributed by atoms with van der Waals surface area (Å²) in [7, 11) is -3.80. The molecule has 3 rings (SSSR count). The average molecular weight is 452 g/mol. The summed E-state index contributed by atoms with van der Waals surface area (Å²) in [6.45, 7) is 3.80. The first-order valence-electron chi connectivity index (χ1n) is 8.70. The van der Waals surface area contributed by atoms with Crippen molar-refractivity contribution in [3.63, 3.8) is 0 Å². The summed E-state index contributed by atoms with van der Waals surface area (Å²) < 4.78 is 31.3. The SMILES string of the molecule is C=CC[C@@H](c1ccc(Cl)c(Cl)c1)[C@H](OS(C)(=O)=O)c1cnnn1-c1ccccc1. The summed E-state index contributed by atoms with van der Waals surface area (Å²) in [4.78, 5) is 0. The van der Waals surface area contributed by atoms with Gasteiger partial charge < -0.3 is 0 Å². The summed E-state index contributed by atoms with van der Waals surface area (Å²) in [6, 6.07) is 14.4. The van der Waals surface area contributed by atoms with Gasteiger partial charge in [0.05, 0.1) is 33.9 Å². The maximum atomic E-state index is 12.1. The van der Waals surface area contributed by atoms with Crippen LogP contribution in [-0.2, 0) is 14.3 Å². The molecule has 0 aliphatic carbocycles. The standard InChI is InChI=1S/C20H19Cl2N3O3S/c1-3-7-16(14-10-11-17(21)18(22)12-14)20(28-29(2,26)27)19-13-23-24-25(19)15-8-5-4-6-9-15/h3-6,8-13,16,20H,1,7H2,2H3/t16-,20-/m0/s1. The summed E-state index contributed by atoms with van der Waals surface area (Å²) >= 11 is 12.3. The van der Waals surface area contributed by atoms with E-state index in [1.165, 1.54) is 6.20 Å². The number of benzene rings is 2. The van der Waals surface area contributed by atoms with E-state index in [-0.39, 0.29) is 0 Å². The fourth-order valence-electron chi connectivity index (χ4n) is 3.07. The van der Waals surface area contributed by atoms with E-state index in [2.05, 4.69) is 16.9 Å². The Kier molecular flexibility index (Phi) is 6.74. The zero-order chi connectivity index (χ0) is 21.0. The zero-order valence-corrected chi connectivity index (χ0v) is 17.9. The van der Waals surface area contributed by atoms with Gasteiger partial charge in [-0.3, -0.25) is 4.18 Å². The van der Waals surface area contributed by atoms with Gasteiger partial charge in [0.25, 0.3) is 10.1 Å². The molecule has 152 valence electrons. The Morgan fingerprint density at radius 1 is 1.17 bits per heavy atom. The molecular weight excluding hydrogens is 433 g/mol. The molecule has 0 radical (unpaired) electrons. The van der Waals surface area contributed by atoms with Gasteiger partial charge in [-0.1, -0.05) is 58.8 Å². The number of allylic oxidation sites excluding steroid dienone is 1. The number of halogens is 2.